The van der Waals surface area contributed by atoms with Crippen LogP contribution in [-0.4, -0.2) is 23.5 Å². The van der Waals surface area contributed by atoms with Gasteiger partial charge in [-0.1, -0.05) is 6.42 Å². The van der Waals surface area contributed by atoms with Crippen LogP contribution in [0.1, 0.15) is 32.1 Å². The molecule has 0 spiro atoms. The molecule has 0 rings (SSSR count). The normalized spacial score (nSPS) is 9.75. The summed E-state index contributed by atoms with van der Waals surface area (Å²) >= 11 is 0. The van der Waals surface area contributed by atoms with Gasteiger partial charge < -0.3 is 5.11 Å². The Morgan fingerprint density at radius 3 is 2.33 bits per heavy atom. The van der Waals surface area contributed by atoms with E-state index in [-0.39, 0.29) is 18.9 Å². The highest BCUT2D eigenvalue weighted by Gasteiger charge is 2.06. The van der Waals surface area contributed by atoms with Crippen LogP contribution in [0.15, 0.2) is 0 Å². The number of alkyl halides is 1. The van der Waals surface area contributed by atoms with Crippen molar-refractivity contribution in [2.45, 2.75) is 32.1 Å². The molecular weight excluding hydrogens is 163 g/mol. The van der Waals surface area contributed by atoms with Crippen molar-refractivity contribution in [3.05, 3.63) is 0 Å². The molecule has 0 heterocycles. The van der Waals surface area contributed by atoms with Crippen LogP contribution in [0.4, 0.5) is 4.39 Å². The van der Waals surface area contributed by atoms with E-state index in [1.807, 2.05) is 0 Å². The average molecular weight is 176 g/mol. The summed E-state index contributed by atoms with van der Waals surface area (Å²) in [5.74, 6) is -1.37. The Bertz CT molecular complexity index is 156. The summed E-state index contributed by atoms with van der Waals surface area (Å²) in [6.45, 7) is -0.368. The predicted molar refractivity (Wildman–Crippen MR) is 41.7 cm³/mol. The summed E-state index contributed by atoms with van der Waals surface area (Å²) in [4.78, 5) is 20.8. The highest BCUT2D eigenvalue weighted by Crippen LogP contribution is 2.02. The third-order valence-electron chi connectivity index (χ3n) is 1.44. The molecule has 0 aliphatic carbocycles. The number of carboxylic acids is 1. The quantitative estimate of drug-likeness (QED) is 0.473. The highest BCUT2D eigenvalue weighted by atomic mass is 19.1. The molecule has 0 aliphatic heterocycles. The van der Waals surface area contributed by atoms with Crippen molar-refractivity contribution in [3.8, 4) is 0 Å². The first-order valence-corrected chi connectivity index (χ1v) is 3.96. The van der Waals surface area contributed by atoms with E-state index in [1.54, 1.807) is 0 Å². The van der Waals surface area contributed by atoms with Crippen molar-refractivity contribution < 1.29 is 19.1 Å². The van der Waals surface area contributed by atoms with Crippen molar-refractivity contribution in [3.63, 3.8) is 0 Å². The van der Waals surface area contributed by atoms with Crippen LogP contribution in [-0.2, 0) is 9.59 Å². The number of hydrogen-bond acceptors (Lipinski definition) is 2. The van der Waals surface area contributed by atoms with E-state index in [4.69, 9.17) is 5.11 Å². The lowest BCUT2D eigenvalue weighted by molar-refractivity contribution is -0.140. The molecule has 0 saturated carbocycles. The number of aliphatic carboxylic acids is 1. The summed E-state index contributed by atoms with van der Waals surface area (Å²) in [6.07, 6.45) is 1.56. The number of ketones is 1. The topological polar surface area (TPSA) is 54.4 Å². The minimum atomic E-state index is -1.09. The fourth-order valence-electron chi connectivity index (χ4n) is 0.850. The third kappa shape index (κ3) is 7.18. The van der Waals surface area contributed by atoms with Gasteiger partial charge in [0.25, 0.3) is 0 Å². The van der Waals surface area contributed by atoms with E-state index in [2.05, 4.69) is 0 Å². The Hall–Kier alpha value is -0.930. The zero-order chi connectivity index (χ0) is 9.40. The van der Waals surface area contributed by atoms with E-state index in [1.165, 1.54) is 0 Å². The van der Waals surface area contributed by atoms with E-state index >= 15 is 0 Å². The standard InChI is InChI=1S/C8H13FO3/c9-5-3-1-2-4-7(10)6-8(11)12/h1-6H2,(H,11,12). The highest BCUT2D eigenvalue weighted by molar-refractivity contribution is 5.94. The monoisotopic (exact) mass is 176 g/mol. The Morgan fingerprint density at radius 1 is 1.17 bits per heavy atom. The number of carbonyl (C=O) groups is 2. The molecule has 0 amide bonds. The number of halogens is 1. The van der Waals surface area contributed by atoms with Gasteiger partial charge in [-0.05, 0) is 12.8 Å². The third-order valence-corrected chi connectivity index (χ3v) is 1.44. The smallest absolute Gasteiger partial charge is 0.310 e. The van der Waals surface area contributed by atoms with Crippen LogP contribution < -0.4 is 0 Å². The zero-order valence-corrected chi connectivity index (χ0v) is 6.88. The molecule has 0 aromatic rings. The van der Waals surface area contributed by atoms with E-state index in [0.717, 1.165) is 0 Å². The lowest BCUT2D eigenvalue weighted by Gasteiger charge is -1.96. The Morgan fingerprint density at radius 2 is 1.83 bits per heavy atom. The summed E-state index contributed by atoms with van der Waals surface area (Å²) < 4.78 is 11.5. The van der Waals surface area contributed by atoms with Crippen molar-refractivity contribution >= 4 is 11.8 Å². The number of carboxylic acid groups (broad SMARTS) is 1. The van der Waals surface area contributed by atoms with Gasteiger partial charge in [0.05, 0.1) is 6.67 Å². The number of rotatable bonds is 7. The van der Waals surface area contributed by atoms with Crippen LogP contribution in [0.3, 0.4) is 0 Å². The van der Waals surface area contributed by atoms with Crippen LogP contribution in [0.25, 0.3) is 0 Å². The SMILES string of the molecule is O=C(O)CC(=O)CCCCCF. The molecule has 0 unspecified atom stereocenters. The fourth-order valence-corrected chi connectivity index (χ4v) is 0.850. The lowest BCUT2D eigenvalue weighted by Crippen LogP contribution is -2.05. The summed E-state index contributed by atoms with van der Waals surface area (Å²) in [7, 11) is 0. The zero-order valence-electron chi connectivity index (χ0n) is 6.88. The maximum atomic E-state index is 11.5. The first-order chi connectivity index (χ1) is 5.66. The van der Waals surface area contributed by atoms with Gasteiger partial charge in [0.1, 0.15) is 12.2 Å². The lowest BCUT2D eigenvalue weighted by atomic mass is 10.1. The summed E-state index contributed by atoms with van der Waals surface area (Å²) in [5.41, 5.74) is 0. The van der Waals surface area contributed by atoms with E-state index < -0.39 is 12.4 Å². The minimum Gasteiger partial charge on any atom is -0.481 e. The molecule has 4 heteroatoms. The molecule has 3 nitrogen and oxygen atoms in total. The molecule has 0 fully saturated rings. The van der Waals surface area contributed by atoms with Crippen molar-refractivity contribution in [2.75, 3.05) is 6.67 Å². The summed E-state index contributed by atoms with van der Waals surface area (Å²) in [6, 6.07) is 0. The molecule has 0 aromatic carbocycles. The Balaban J connectivity index is 3.26. The van der Waals surface area contributed by atoms with Gasteiger partial charge in [0.15, 0.2) is 0 Å². The van der Waals surface area contributed by atoms with E-state index in [0.29, 0.717) is 19.3 Å². The largest absolute Gasteiger partial charge is 0.481 e. The molecule has 0 atom stereocenters. The van der Waals surface area contributed by atoms with Gasteiger partial charge in [-0.2, -0.15) is 0 Å². The molecule has 0 aliphatic rings. The molecule has 0 radical (unpaired) electrons. The number of hydrogen-bond donors (Lipinski definition) is 1. The second-order valence-corrected chi connectivity index (χ2v) is 2.61. The second-order valence-electron chi connectivity index (χ2n) is 2.61. The summed E-state index contributed by atoms with van der Waals surface area (Å²) in [5, 5.41) is 8.21. The van der Waals surface area contributed by atoms with Gasteiger partial charge in [-0.25, -0.2) is 0 Å². The van der Waals surface area contributed by atoms with Gasteiger partial charge in [-0.3, -0.25) is 14.0 Å². The second kappa shape index (κ2) is 6.76. The van der Waals surface area contributed by atoms with Gasteiger partial charge in [0, 0.05) is 6.42 Å². The van der Waals surface area contributed by atoms with Crippen molar-refractivity contribution in [2.24, 2.45) is 0 Å². The Kier molecular flexibility index (Phi) is 6.24. The van der Waals surface area contributed by atoms with Crippen LogP contribution in [0.5, 0.6) is 0 Å². The molecule has 12 heavy (non-hydrogen) atoms. The van der Waals surface area contributed by atoms with Gasteiger partial charge in [-0.15, -0.1) is 0 Å². The van der Waals surface area contributed by atoms with Crippen molar-refractivity contribution in [1.29, 1.82) is 0 Å². The Labute approximate surface area is 70.6 Å². The predicted octanol–water partition coefficient (Wildman–Crippen LogP) is 1.56. The van der Waals surface area contributed by atoms with E-state index in [9.17, 15) is 14.0 Å². The first kappa shape index (κ1) is 11.1. The maximum Gasteiger partial charge on any atom is 0.310 e. The first-order valence-electron chi connectivity index (χ1n) is 3.96. The fraction of sp³-hybridized carbons (Fsp3) is 0.750. The number of unbranched alkanes of at least 4 members (excludes halogenated alkanes) is 2. The average Bonchev–Trinajstić information content (AvgIpc) is 1.97. The minimum absolute atomic E-state index is 0.256. The van der Waals surface area contributed by atoms with Crippen LogP contribution in [0, 0.1) is 0 Å². The molecule has 70 valence electrons. The molecular formula is C8H13FO3. The van der Waals surface area contributed by atoms with Crippen LogP contribution in [0.2, 0.25) is 0 Å². The number of carbonyl (C=O) groups excluding carboxylic acids is 1. The number of Topliss-reactive ketones (excluding diaryl/α,β-unsaturated/α-hetero) is 1. The maximum absolute atomic E-state index is 11.5. The van der Waals surface area contributed by atoms with Gasteiger partial charge >= 0.3 is 5.97 Å². The molecule has 1 N–H and O–H groups in total. The molecule has 0 saturated heterocycles. The van der Waals surface area contributed by atoms with Crippen LogP contribution >= 0.6 is 0 Å². The van der Waals surface area contributed by atoms with Gasteiger partial charge in [0.2, 0.25) is 0 Å². The molecule has 0 bridgehead atoms. The molecule has 0 aromatic heterocycles. The van der Waals surface area contributed by atoms with Crippen molar-refractivity contribution in [1.82, 2.24) is 0 Å².